The van der Waals surface area contributed by atoms with Crippen molar-refractivity contribution in [2.45, 2.75) is 25.9 Å². The summed E-state index contributed by atoms with van der Waals surface area (Å²) in [6, 6.07) is 14.4. The Morgan fingerprint density at radius 2 is 1.89 bits per heavy atom. The summed E-state index contributed by atoms with van der Waals surface area (Å²) >= 11 is 6.50. The van der Waals surface area contributed by atoms with E-state index in [1.165, 1.54) is 6.20 Å². The molecule has 46 heavy (non-hydrogen) atoms. The number of hydrogen-bond donors (Lipinski definition) is 2. The average Bonchev–Trinajstić information content (AvgIpc) is 3.41. The van der Waals surface area contributed by atoms with Crippen molar-refractivity contribution in [1.29, 1.82) is 0 Å². The van der Waals surface area contributed by atoms with Crippen LogP contribution in [0.3, 0.4) is 0 Å². The maximum absolute atomic E-state index is 13.5. The van der Waals surface area contributed by atoms with E-state index < -0.39 is 6.04 Å². The molecule has 1 saturated heterocycles. The highest BCUT2D eigenvalue weighted by molar-refractivity contribution is 6.33. The Balaban J connectivity index is 1.08. The first-order valence-electron chi connectivity index (χ1n) is 15.2. The Bertz CT molecular complexity index is 1750. The molecule has 2 aliphatic heterocycles. The van der Waals surface area contributed by atoms with Crippen LogP contribution in [0.15, 0.2) is 60.9 Å². The lowest BCUT2D eigenvalue weighted by Crippen LogP contribution is -2.45. The summed E-state index contributed by atoms with van der Waals surface area (Å²) in [5, 5.41) is 6.47. The summed E-state index contributed by atoms with van der Waals surface area (Å²) in [6.45, 7) is 6.43. The monoisotopic (exact) mass is 641 g/mol. The van der Waals surface area contributed by atoms with Crippen molar-refractivity contribution >= 4 is 40.9 Å². The number of benzene rings is 1. The lowest BCUT2D eigenvalue weighted by Gasteiger charge is -2.33. The molecule has 0 saturated carbocycles. The number of anilines is 3. The molecule has 2 amide bonds. The highest BCUT2D eigenvalue weighted by Gasteiger charge is 2.34. The highest BCUT2D eigenvalue weighted by atomic mass is 35.5. The summed E-state index contributed by atoms with van der Waals surface area (Å²) in [7, 11) is 3.67. The molecule has 0 spiro atoms. The van der Waals surface area contributed by atoms with Crippen LogP contribution < -0.4 is 20.3 Å². The minimum Gasteiger partial charge on any atom is -0.481 e. The number of carbonyl (C=O) groups excluding carboxylic acids is 2. The van der Waals surface area contributed by atoms with Gasteiger partial charge in [-0.15, -0.1) is 0 Å². The number of aromatic nitrogens is 4. The van der Waals surface area contributed by atoms with Crippen LogP contribution in [-0.2, 0) is 17.8 Å². The normalized spacial score (nSPS) is 15.4. The van der Waals surface area contributed by atoms with Gasteiger partial charge in [-0.2, -0.15) is 0 Å². The van der Waals surface area contributed by atoms with E-state index in [1.807, 2.05) is 30.3 Å². The van der Waals surface area contributed by atoms with Gasteiger partial charge in [0.15, 0.2) is 0 Å². The minimum absolute atomic E-state index is 0.209. The molecule has 238 valence electrons. The van der Waals surface area contributed by atoms with E-state index in [0.717, 1.165) is 43.3 Å². The molecule has 6 rings (SSSR count). The maximum Gasteiger partial charge on any atom is 0.255 e. The van der Waals surface area contributed by atoms with Gasteiger partial charge >= 0.3 is 0 Å². The highest BCUT2D eigenvalue weighted by Crippen LogP contribution is 2.32. The van der Waals surface area contributed by atoms with Crippen molar-refractivity contribution in [3.8, 4) is 17.1 Å². The molecule has 0 unspecified atom stereocenters. The zero-order chi connectivity index (χ0) is 32.2. The van der Waals surface area contributed by atoms with Crippen molar-refractivity contribution < 1.29 is 14.3 Å². The van der Waals surface area contributed by atoms with E-state index in [0.29, 0.717) is 58.9 Å². The number of amides is 2. The van der Waals surface area contributed by atoms with Crippen molar-refractivity contribution in [3.05, 3.63) is 82.8 Å². The number of fused-ring (bicyclic) bond motifs is 1. The number of carbonyl (C=O) groups is 2. The summed E-state index contributed by atoms with van der Waals surface area (Å²) in [5.74, 6) is 1.32. The van der Waals surface area contributed by atoms with Crippen molar-refractivity contribution in [2.75, 3.05) is 57.1 Å². The van der Waals surface area contributed by atoms with Crippen LogP contribution in [0.1, 0.15) is 28.5 Å². The van der Waals surface area contributed by atoms with E-state index in [4.69, 9.17) is 21.3 Å². The molecule has 2 aliphatic rings. The van der Waals surface area contributed by atoms with Gasteiger partial charge in [0.05, 0.1) is 24.0 Å². The fraction of sp³-hybridized carbons (Fsp3) is 0.333. The summed E-state index contributed by atoms with van der Waals surface area (Å²) in [4.78, 5) is 50.6. The molecule has 5 heterocycles. The van der Waals surface area contributed by atoms with Gasteiger partial charge in [0.1, 0.15) is 11.9 Å². The van der Waals surface area contributed by atoms with Crippen LogP contribution in [0, 0.1) is 0 Å². The van der Waals surface area contributed by atoms with E-state index in [9.17, 15) is 9.59 Å². The van der Waals surface area contributed by atoms with Crippen molar-refractivity contribution in [1.82, 2.24) is 35.1 Å². The van der Waals surface area contributed by atoms with Gasteiger partial charge < -0.3 is 30.1 Å². The standard InChI is InChI=1S/C33H36ClN9O3/c1-21(31(44)36-12-9-24-5-4-6-28(38-24)42-15-13-41(2)14-16-42)43-20-23-8-7-22(17-26(23)32(43)45)30-27(34)19-37-33(40-30)39-25-10-11-35-29(18-25)46-3/h4-8,10-11,17-19,21H,9,12-16,20H2,1-3H3,(H,36,44)(H,35,37,39,40)/t21-/m1/s1. The number of hydrogen-bond acceptors (Lipinski definition) is 10. The first kappa shape index (κ1) is 31.2. The predicted molar refractivity (Wildman–Crippen MR) is 177 cm³/mol. The number of methoxy groups -OCH3 is 1. The molecule has 1 aromatic carbocycles. The molecular formula is C33H36ClN9O3. The smallest absolute Gasteiger partial charge is 0.255 e. The van der Waals surface area contributed by atoms with E-state index in [1.54, 1.807) is 43.3 Å². The summed E-state index contributed by atoms with van der Waals surface area (Å²) in [5.41, 5.74) is 4.12. The molecule has 0 bridgehead atoms. The number of rotatable bonds is 10. The van der Waals surface area contributed by atoms with Gasteiger partial charge in [0.2, 0.25) is 17.7 Å². The van der Waals surface area contributed by atoms with Crippen LogP contribution in [0.2, 0.25) is 5.02 Å². The third kappa shape index (κ3) is 6.87. The van der Waals surface area contributed by atoms with Gasteiger partial charge in [-0.25, -0.2) is 19.9 Å². The Morgan fingerprint density at radius 1 is 1.07 bits per heavy atom. The number of ether oxygens (including phenoxy) is 1. The minimum atomic E-state index is -0.649. The topological polar surface area (TPSA) is 129 Å². The Kier molecular flexibility index (Phi) is 9.27. The first-order valence-corrected chi connectivity index (χ1v) is 15.6. The lowest BCUT2D eigenvalue weighted by atomic mass is 10.0. The second-order valence-electron chi connectivity index (χ2n) is 11.4. The number of halogens is 1. The SMILES string of the molecule is COc1cc(Nc2ncc(Cl)c(-c3ccc4c(c3)C(=O)N([C@H](C)C(=O)NCCc3cccc(N5CCN(C)CC5)n3)C4)n2)ccn1. The molecular weight excluding hydrogens is 606 g/mol. The Hall–Kier alpha value is -4.81. The molecule has 1 atom stereocenters. The molecule has 0 radical (unpaired) electrons. The van der Waals surface area contributed by atoms with Crippen LogP contribution >= 0.6 is 11.6 Å². The van der Waals surface area contributed by atoms with Gasteiger partial charge in [-0.1, -0.05) is 29.8 Å². The fourth-order valence-electron chi connectivity index (χ4n) is 5.56. The van der Waals surface area contributed by atoms with Crippen molar-refractivity contribution in [2.24, 2.45) is 0 Å². The lowest BCUT2D eigenvalue weighted by molar-refractivity contribution is -0.125. The fourth-order valence-corrected chi connectivity index (χ4v) is 5.76. The quantitative estimate of drug-likeness (QED) is 0.264. The molecule has 3 aromatic heterocycles. The maximum atomic E-state index is 13.5. The molecule has 12 nitrogen and oxygen atoms in total. The van der Waals surface area contributed by atoms with Crippen LogP contribution in [-0.4, -0.2) is 94.5 Å². The van der Waals surface area contributed by atoms with Crippen LogP contribution in [0.5, 0.6) is 5.88 Å². The summed E-state index contributed by atoms with van der Waals surface area (Å²) < 4.78 is 5.18. The number of pyridine rings is 2. The van der Waals surface area contributed by atoms with E-state index >= 15 is 0 Å². The molecule has 2 N–H and O–H groups in total. The van der Waals surface area contributed by atoms with Crippen LogP contribution in [0.4, 0.5) is 17.5 Å². The van der Waals surface area contributed by atoms with Gasteiger partial charge in [0.25, 0.3) is 5.91 Å². The van der Waals surface area contributed by atoms with Gasteiger partial charge in [-0.05, 0) is 43.8 Å². The predicted octanol–water partition coefficient (Wildman–Crippen LogP) is 3.79. The Morgan fingerprint density at radius 3 is 2.70 bits per heavy atom. The largest absolute Gasteiger partial charge is 0.481 e. The molecule has 4 aromatic rings. The number of nitrogens with one attached hydrogen (secondary N) is 2. The molecule has 13 heteroatoms. The number of piperazine rings is 1. The van der Waals surface area contributed by atoms with Gasteiger partial charge in [-0.3, -0.25) is 9.59 Å². The second kappa shape index (κ2) is 13.7. The third-order valence-electron chi connectivity index (χ3n) is 8.31. The van der Waals surface area contributed by atoms with Crippen molar-refractivity contribution in [3.63, 3.8) is 0 Å². The zero-order valence-electron chi connectivity index (χ0n) is 26.0. The van der Waals surface area contributed by atoms with E-state index in [-0.39, 0.29) is 11.8 Å². The first-order chi connectivity index (χ1) is 22.3. The summed E-state index contributed by atoms with van der Waals surface area (Å²) in [6.07, 6.45) is 3.72. The number of nitrogens with zero attached hydrogens (tertiary/aromatic N) is 7. The second-order valence-corrected chi connectivity index (χ2v) is 11.8. The molecule has 1 fully saturated rings. The average molecular weight is 642 g/mol. The van der Waals surface area contributed by atoms with Gasteiger partial charge in [0, 0.05) is 80.5 Å². The third-order valence-corrected chi connectivity index (χ3v) is 8.58. The van der Waals surface area contributed by atoms with Crippen LogP contribution in [0.25, 0.3) is 11.3 Å². The van der Waals surface area contributed by atoms with E-state index in [2.05, 4.69) is 42.4 Å². The molecule has 0 aliphatic carbocycles. The zero-order valence-corrected chi connectivity index (χ0v) is 26.8. The Labute approximate surface area is 272 Å². The number of likely N-dealkylation sites (N-methyl/N-ethyl adjacent to an activating group) is 1.